The molecule has 0 saturated heterocycles. The number of amides is 1. The average Bonchev–Trinajstić information content (AvgIpc) is 2.91. The maximum absolute atomic E-state index is 13.1. The predicted octanol–water partition coefficient (Wildman–Crippen LogP) is 4.38. The second kappa shape index (κ2) is 6.60. The van der Waals surface area contributed by atoms with Gasteiger partial charge in [-0.1, -0.05) is 12.1 Å². The summed E-state index contributed by atoms with van der Waals surface area (Å²) in [6.07, 6.45) is 3.04. The molecule has 0 spiro atoms. The van der Waals surface area contributed by atoms with Crippen LogP contribution in [0.5, 0.6) is 0 Å². The first kappa shape index (κ1) is 15.8. The first-order chi connectivity index (χ1) is 11.6. The Bertz CT molecular complexity index is 927. The van der Waals surface area contributed by atoms with Crippen LogP contribution in [-0.2, 0) is 0 Å². The van der Waals surface area contributed by atoms with E-state index in [1.807, 2.05) is 6.92 Å². The molecule has 0 aliphatic rings. The minimum Gasteiger partial charge on any atom is -0.312 e. The monoisotopic (exact) mass is 337 g/mol. The number of anilines is 1. The summed E-state index contributed by atoms with van der Waals surface area (Å²) < 4.78 is 13.1. The largest absolute Gasteiger partial charge is 0.312 e. The van der Waals surface area contributed by atoms with Crippen molar-refractivity contribution in [2.75, 3.05) is 5.32 Å². The number of nitrogens with zero attached hydrogens (tertiary/aromatic N) is 2. The number of thiophene rings is 1. The van der Waals surface area contributed by atoms with Crippen LogP contribution in [0.2, 0.25) is 0 Å². The number of aryl methyl sites for hydroxylation is 1. The SMILES string of the molecule is Cc1sc(NC(=O)c2cccnc2)c(C#N)c1-c1ccc(F)cc1. The number of hydrogen-bond donors (Lipinski definition) is 1. The van der Waals surface area contributed by atoms with Gasteiger partial charge in [-0.2, -0.15) is 5.26 Å². The molecule has 0 saturated carbocycles. The number of nitrogens with one attached hydrogen (secondary N) is 1. The van der Waals surface area contributed by atoms with E-state index in [1.54, 1.807) is 30.5 Å². The summed E-state index contributed by atoms with van der Waals surface area (Å²) >= 11 is 1.32. The van der Waals surface area contributed by atoms with Gasteiger partial charge in [0.15, 0.2) is 0 Å². The minimum atomic E-state index is -0.338. The fourth-order valence-electron chi connectivity index (χ4n) is 2.38. The Balaban J connectivity index is 1.99. The molecule has 3 aromatic rings. The third kappa shape index (κ3) is 3.03. The van der Waals surface area contributed by atoms with E-state index >= 15 is 0 Å². The number of pyridine rings is 1. The van der Waals surface area contributed by atoms with E-state index in [9.17, 15) is 14.4 Å². The van der Waals surface area contributed by atoms with Gasteiger partial charge in [0.25, 0.3) is 5.91 Å². The van der Waals surface area contributed by atoms with Crippen LogP contribution in [0.1, 0.15) is 20.8 Å². The van der Waals surface area contributed by atoms with Crippen molar-refractivity contribution in [2.45, 2.75) is 6.92 Å². The highest BCUT2D eigenvalue weighted by atomic mass is 32.1. The van der Waals surface area contributed by atoms with Crippen LogP contribution in [0.4, 0.5) is 9.39 Å². The highest BCUT2D eigenvalue weighted by Crippen LogP contribution is 2.39. The lowest BCUT2D eigenvalue weighted by Gasteiger charge is -2.04. The smallest absolute Gasteiger partial charge is 0.257 e. The van der Waals surface area contributed by atoms with Crippen molar-refractivity contribution in [1.82, 2.24) is 4.98 Å². The molecular weight excluding hydrogens is 325 g/mol. The van der Waals surface area contributed by atoms with Crippen molar-refractivity contribution in [2.24, 2.45) is 0 Å². The summed E-state index contributed by atoms with van der Waals surface area (Å²) in [5.74, 6) is -0.665. The molecule has 0 unspecified atom stereocenters. The average molecular weight is 337 g/mol. The molecule has 0 radical (unpaired) electrons. The molecule has 4 nitrogen and oxygen atoms in total. The van der Waals surface area contributed by atoms with Gasteiger partial charge in [-0.05, 0) is 36.8 Å². The standard InChI is InChI=1S/C18H12FN3OS/c1-11-16(12-4-6-14(19)7-5-12)15(9-20)18(24-11)22-17(23)13-3-2-8-21-10-13/h2-8,10H,1H3,(H,22,23). The number of nitriles is 1. The Morgan fingerprint density at radius 3 is 2.67 bits per heavy atom. The summed E-state index contributed by atoms with van der Waals surface area (Å²) in [5.41, 5.74) is 2.24. The van der Waals surface area contributed by atoms with Crippen LogP contribution >= 0.6 is 11.3 Å². The normalized spacial score (nSPS) is 10.2. The molecule has 2 heterocycles. The van der Waals surface area contributed by atoms with Gasteiger partial charge in [0.05, 0.1) is 11.1 Å². The Morgan fingerprint density at radius 2 is 2.04 bits per heavy atom. The molecule has 0 aliphatic heterocycles. The van der Waals surface area contributed by atoms with Gasteiger partial charge >= 0.3 is 0 Å². The molecule has 24 heavy (non-hydrogen) atoms. The van der Waals surface area contributed by atoms with Crippen LogP contribution in [0, 0.1) is 24.1 Å². The Hall–Kier alpha value is -3.04. The van der Waals surface area contributed by atoms with E-state index in [2.05, 4.69) is 16.4 Å². The minimum absolute atomic E-state index is 0.327. The van der Waals surface area contributed by atoms with Gasteiger partial charge in [0.2, 0.25) is 0 Å². The number of aromatic nitrogens is 1. The van der Waals surface area contributed by atoms with Crippen LogP contribution in [0.25, 0.3) is 11.1 Å². The second-order valence-corrected chi connectivity index (χ2v) is 6.28. The summed E-state index contributed by atoms with van der Waals surface area (Å²) in [7, 11) is 0. The van der Waals surface area contributed by atoms with Crippen molar-refractivity contribution in [3.63, 3.8) is 0 Å². The second-order valence-electron chi connectivity index (χ2n) is 5.05. The quantitative estimate of drug-likeness (QED) is 0.771. The van der Waals surface area contributed by atoms with E-state index in [0.717, 1.165) is 10.4 Å². The molecule has 2 aromatic heterocycles. The number of hydrogen-bond acceptors (Lipinski definition) is 4. The first-order valence-corrected chi connectivity index (χ1v) is 7.92. The predicted molar refractivity (Wildman–Crippen MR) is 91.4 cm³/mol. The zero-order valence-corrected chi connectivity index (χ0v) is 13.5. The van der Waals surface area contributed by atoms with E-state index in [4.69, 9.17) is 0 Å². The first-order valence-electron chi connectivity index (χ1n) is 7.11. The molecule has 3 rings (SSSR count). The van der Waals surface area contributed by atoms with Crippen LogP contribution < -0.4 is 5.32 Å². The molecule has 0 bridgehead atoms. The summed E-state index contributed by atoms with van der Waals surface area (Å²) in [6, 6.07) is 11.4. The van der Waals surface area contributed by atoms with Crippen LogP contribution in [0.3, 0.4) is 0 Å². The zero-order valence-electron chi connectivity index (χ0n) is 12.7. The third-order valence-corrected chi connectivity index (χ3v) is 4.50. The van der Waals surface area contributed by atoms with Crippen molar-refractivity contribution in [3.8, 4) is 17.2 Å². The fourth-order valence-corrected chi connectivity index (χ4v) is 3.40. The maximum Gasteiger partial charge on any atom is 0.257 e. The Labute approximate surface area is 142 Å². The maximum atomic E-state index is 13.1. The van der Waals surface area contributed by atoms with Gasteiger partial charge < -0.3 is 5.32 Å². The van der Waals surface area contributed by atoms with Crippen molar-refractivity contribution < 1.29 is 9.18 Å². The molecule has 0 fully saturated rings. The van der Waals surface area contributed by atoms with Crippen LogP contribution in [-0.4, -0.2) is 10.9 Å². The molecule has 1 aromatic carbocycles. The zero-order chi connectivity index (χ0) is 17.1. The molecular formula is C18H12FN3OS. The van der Waals surface area contributed by atoms with E-state index in [0.29, 0.717) is 21.7 Å². The lowest BCUT2D eigenvalue weighted by Crippen LogP contribution is -2.11. The van der Waals surface area contributed by atoms with Crippen molar-refractivity contribution in [1.29, 1.82) is 5.26 Å². The molecule has 1 N–H and O–H groups in total. The number of benzene rings is 1. The number of halogens is 1. The van der Waals surface area contributed by atoms with Gasteiger partial charge in [-0.15, -0.1) is 11.3 Å². The summed E-state index contributed by atoms with van der Waals surface area (Å²) in [4.78, 5) is 17.1. The third-order valence-electron chi connectivity index (χ3n) is 3.48. The van der Waals surface area contributed by atoms with Gasteiger partial charge in [-0.25, -0.2) is 4.39 Å². The van der Waals surface area contributed by atoms with Crippen LogP contribution in [0.15, 0.2) is 48.8 Å². The Morgan fingerprint density at radius 1 is 1.29 bits per heavy atom. The van der Waals surface area contributed by atoms with E-state index < -0.39 is 0 Å². The highest BCUT2D eigenvalue weighted by molar-refractivity contribution is 7.17. The molecule has 1 amide bonds. The molecule has 0 aliphatic carbocycles. The van der Waals surface area contributed by atoms with E-state index in [-0.39, 0.29) is 11.7 Å². The van der Waals surface area contributed by atoms with Crippen molar-refractivity contribution >= 4 is 22.2 Å². The number of carbonyl (C=O) groups is 1. The summed E-state index contributed by atoms with van der Waals surface area (Å²) in [6.45, 7) is 1.87. The highest BCUT2D eigenvalue weighted by Gasteiger charge is 2.19. The van der Waals surface area contributed by atoms with E-state index in [1.165, 1.54) is 29.7 Å². The molecule has 0 atom stereocenters. The lowest BCUT2D eigenvalue weighted by molar-refractivity contribution is 0.102. The van der Waals surface area contributed by atoms with Gasteiger partial charge in [0.1, 0.15) is 16.9 Å². The fraction of sp³-hybridized carbons (Fsp3) is 0.0556. The number of carbonyl (C=O) groups excluding carboxylic acids is 1. The van der Waals surface area contributed by atoms with Gasteiger partial charge in [0, 0.05) is 22.8 Å². The Kier molecular flexibility index (Phi) is 4.36. The summed E-state index contributed by atoms with van der Waals surface area (Å²) in [5, 5.41) is 12.8. The van der Waals surface area contributed by atoms with Gasteiger partial charge in [-0.3, -0.25) is 9.78 Å². The lowest BCUT2D eigenvalue weighted by atomic mass is 10.0. The van der Waals surface area contributed by atoms with Crippen molar-refractivity contribution in [3.05, 3.63) is 70.6 Å². The molecule has 6 heteroatoms. The molecule has 118 valence electrons. The topological polar surface area (TPSA) is 65.8 Å². The number of rotatable bonds is 3.